The SMILES string of the molecule is O=C(CSc1nnc(-c2ccco2)n1-c1ccc(Cl)cc1)c1ccc(F)cc1. The number of Topliss-reactive ketones (excluding diaryl/α,β-unsaturated/α-hetero) is 1. The predicted octanol–water partition coefficient (Wildman–Crippen LogP) is 5.29. The Morgan fingerprint density at radius 1 is 1.07 bits per heavy atom. The first kappa shape index (κ1) is 18.5. The third-order valence-corrected chi connectivity index (χ3v) is 5.14. The van der Waals surface area contributed by atoms with Gasteiger partial charge in [-0.3, -0.25) is 9.36 Å². The molecule has 0 radical (unpaired) electrons. The van der Waals surface area contributed by atoms with E-state index in [0.717, 1.165) is 5.69 Å². The van der Waals surface area contributed by atoms with Crippen LogP contribution in [0.1, 0.15) is 10.4 Å². The van der Waals surface area contributed by atoms with Crippen molar-refractivity contribution in [2.24, 2.45) is 0 Å². The van der Waals surface area contributed by atoms with Crippen LogP contribution >= 0.6 is 23.4 Å². The highest BCUT2D eigenvalue weighted by molar-refractivity contribution is 7.99. The number of aromatic nitrogens is 3. The molecule has 2 aromatic carbocycles. The summed E-state index contributed by atoms with van der Waals surface area (Å²) in [5, 5.41) is 9.59. The molecule has 140 valence electrons. The van der Waals surface area contributed by atoms with Gasteiger partial charge in [0.05, 0.1) is 12.0 Å². The molecular weight excluding hydrogens is 401 g/mol. The number of carbonyl (C=O) groups excluding carboxylic acids is 1. The minimum absolute atomic E-state index is 0.129. The minimum Gasteiger partial charge on any atom is -0.461 e. The fourth-order valence-electron chi connectivity index (χ4n) is 2.60. The van der Waals surface area contributed by atoms with Crippen molar-refractivity contribution in [1.29, 1.82) is 0 Å². The van der Waals surface area contributed by atoms with Crippen LogP contribution in [-0.4, -0.2) is 26.3 Å². The van der Waals surface area contributed by atoms with E-state index < -0.39 is 0 Å². The smallest absolute Gasteiger partial charge is 0.205 e. The number of hydrogen-bond donors (Lipinski definition) is 0. The van der Waals surface area contributed by atoms with Gasteiger partial charge in [-0.2, -0.15) is 0 Å². The number of carbonyl (C=O) groups is 1. The van der Waals surface area contributed by atoms with Gasteiger partial charge in [-0.05, 0) is 60.7 Å². The Morgan fingerprint density at radius 2 is 1.82 bits per heavy atom. The first-order valence-corrected chi connectivity index (χ1v) is 9.65. The Hall–Kier alpha value is -2.90. The van der Waals surface area contributed by atoms with E-state index in [1.807, 2.05) is 12.1 Å². The second-order valence-corrected chi connectivity index (χ2v) is 7.19. The van der Waals surface area contributed by atoms with Crippen molar-refractivity contribution in [3.8, 4) is 17.3 Å². The van der Waals surface area contributed by atoms with E-state index in [1.54, 1.807) is 35.1 Å². The first-order valence-electron chi connectivity index (χ1n) is 8.28. The zero-order chi connectivity index (χ0) is 19.5. The van der Waals surface area contributed by atoms with E-state index in [1.165, 1.54) is 36.0 Å². The Balaban J connectivity index is 1.64. The van der Waals surface area contributed by atoms with E-state index in [0.29, 0.717) is 27.3 Å². The van der Waals surface area contributed by atoms with Gasteiger partial charge in [0.1, 0.15) is 5.82 Å². The second-order valence-electron chi connectivity index (χ2n) is 5.81. The molecule has 0 unspecified atom stereocenters. The van der Waals surface area contributed by atoms with Crippen LogP contribution in [0.4, 0.5) is 4.39 Å². The molecule has 0 saturated carbocycles. The van der Waals surface area contributed by atoms with Gasteiger partial charge in [-0.15, -0.1) is 10.2 Å². The van der Waals surface area contributed by atoms with Gasteiger partial charge in [-0.1, -0.05) is 23.4 Å². The molecule has 0 fully saturated rings. The summed E-state index contributed by atoms with van der Waals surface area (Å²) in [6.07, 6.45) is 1.56. The van der Waals surface area contributed by atoms with Gasteiger partial charge < -0.3 is 4.42 Å². The van der Waals surface area contributed by atoms with Crippen LogP contribution in [-0.2, 0) is 0 Å². The zero-order valence-electron chi connectivity index (χ0n) is 14.4. The summed E-state index contributed by atoms with van der Waals surface area (Å²) >= 11 is 7.24. The number of rotatable bonds is 6. The van der Waals surface area contributed by atoms with Crippen LogP contribution < -0.4 is 0 Å². The van der Waals surface area contributed by atoms with E-state index in [2.05, 4.69) is 10.2 Å². The van der Waals surface area contributed by atoms with E-state index in [4.69, 9.17) is 16.0 Å². The summed E-state index contributed by atoms with van der Waals surface area (Å²) in [7, 11) is 0. The molecule has 0 aliphatic heterocycles. The minimum atomic E-state index is -0.380. The van der Waals surface area contributed by atoms with Crippen LogP contribution in [0.25, 0.3) is 17.3 Å². The lowest BCUT2D eigenvalue weighted by molar-refractivity contribution is 0.102. The van der Waals surface area contributed by atoms with Crippen molar-refractivity contribution in [3.63, 3.8) is 0 Å². The standard InChI is InChI=1S/C20H13ClFN3O2S/c21-14-5-9-16(10-6-14)25-19(18-2-1-11-27-18)23-24-20(25)28-12-17(26)13-3-7-15(22)8-4-13/h1-11H,12H2. The molecule has 0 bridgehead atoms. The van der Waals surface area contributed by atoms with Crippen molar-refractivity contribution >= 4 is 29.1 Å². The van der Waals surface area contributed by atoms with Crippen LogP contribution in [0, 0.1) is 5.82 Å². The van der Waals surface area contributed by atoms with Gasteiger partial charge in [0, 0.05) is 16.3 Å². The molecule has 0 amide bonds. The third kappa shape index (κ3) is 3.85. The van der Waals surface area contributed by atoms with Gasteiger partial charge in [0.15, 0.2) is 16.7 Å². The average Bonchev–Trinajstić information content (AvgIpc) is 3.37. The summed E-state index contributed by atoms with van der Waals surface area (Å²) in [6.45, 7) is 0. The second kappa shape index (κ2) is 8.00. The molecule has 2 aromatic heterocycles. The molecule has 28 heavy (non-hydrogen) atoms. The molecule has 8 heteroatoms. The van der Waals surface area contributed by atoms with Crippen LogP contribution in [0.15, 0.2) is 76.5 Å². The maximum atomic E-state index is 13.1. The average molecular weight is 414 g/mol. The monoisotopic (exact) mass is 413 g/mol. The van der Waals surface area contributed by atoms with Gasteiger partial charge in [0.2, 0.25) is 5.82 Å². The van der Waals surface area contributed by atoms with Gasteiger partial charge in [0.25, 0.3) is 0 Å². The summed E-state index contributed by atoms with van der Waals surface area (Å²) in [4.78, 5) is 12.4. The Kier molecular flexibility index (Phi) is 5.27. The summed E-state index contributed by atoms with van der Waals surface area (Å²) in [5.41, 5.74) is 1.23. The number of ketones is 1. The summed E-state index contributed by atoms with van der Waals surface area (Å²) in [5.74, 6) is 0.698. The molecule has 0 atom stereocenters. The molecule has 0 N–H and O–H groups in total. The maximum absolute atomic E-state index is 13.1. The lowest BCUT2D eigenvalue weighted by atomic mass is 10.1. The fraction of sp³-hybridized carbons (Fsp3) is 0.0500. The van der Waals surface area contributed by atoms with Crippen molar-refractivity contribution in [1.82, 2.24) is 14.8 Å². The maximum Gasteiger partial charge on any atom is 0.205 e. The quantitative estimate of drug-likeness (QED) is 0.317. The van der Waals surface area contributed by atoms with E-state index in [9.17, 15) is 9.18 Å². The number of halogens is 2. The molecule has 0 aliphatic carbocycles. The molecule has 5 nitrogen and oxygen atoms in total. The van der Waals surface area contributed by atoms with Crippen LogP contribution in [0.2, 0.25) is 5.02 Å². The van der Waals surface area contributed by atoms with E-state index in [-0.39, 0.29) is 17.4 Å². The molecule has 2 heterocycles. The molecular formula is C20H13ClFN3O2S. The number of nitrogens with zero attached hydrogens (tertiary/aromatic N) is 3. The predicted molar refractivity (Wildman–Crippen MR) is 106 cm³/mol. The molecule has 0 spiro atoms. The topological polar surface area (TPSA) is 60.9 Å². The lowest BCUT2D eigenvalue weighted by Crippen LogP contribution is -2.05. The summed E-state index contributed by atoms with van der Waals surface area (Å²) in [6, 6.07) is 16.2. The number of furan rings is 1. The van der Waals surface area contributed by atoms with Crippen molar-refractivity contribution in [2.45, 2.75) is 5.16 Å². The number of thioether (sulfide) groups is 1. The molecule has 0 aliphatic rings. The van der Waals surface area contributed by atoms with Gasteiger partial charge in [-0.25, -0.2) is 4.39 Å². The summed E-state index contributed by atoms with van der Waals surface area (Å²) < 4.78 is 20.3. The Bertz CT molecular complexity index is 1090. The zero-order valence-corrected chi connectivity index (χ0v) is 16.0. The lowest BCUT2D eigenvalue weighted by Gasteiger charge is -2.09. The highest BCUT2D eigenvalue weighted by atomic mass is 35.5. The highest BCUT2D eigenvalue weighted by Crippen LogP contribution is 2.29. The van der Waals surface area contributed by atoms with Crippen LogP contribution in [0.5, 0.6) is 0 Å². The van der Waals surface area contributed by atoms with Crippen LogP contribution in [0.3, 0.4) is 0 Å². The Morgan fingerprint density at radius 3 is 2.50 bits per heavy atom. The van der Waals surface area contributed by atoms with Crippen molar-refractivity contribution in [3.05, 3.63) is 83.3 Å². The molecule has 0 saturated heterocycles. The van der Waals surface area contributed by atoms with Crippen molar-refractivity contribution in [2.75, 3.05) is 5.75 Å². The first-order chi connectivity index (χ1) is 13.6. The fourth-order valence-corrected chi connectivity index (χ4v) is 3.57. The third-order valence-electron chi connectivity index (χ3n) is 3.96. The number of benzene rings is 2. The largest absolute Gasteiger partial charge is 0.461 e. The normalized spacial score (nSPS) is 10.9. The van der Waals surface area contributed by atoms with Gasteiger partial charge >= 0.3 is 0 Å². The highest BCUT2D eigenvalue weighted by Gasteiger charge is 2.19. The Labute approximate surface area is 169 Å². The molecule has 4 aromatic rings. The molecule has 4 rings (SSSR count). The van der Waals surface area contributed by atoms with E-state index >= 15 is 0 Å². The van der Waals surface area contributed by atoms with Crippen molar-refractivity contribution < 1.29 is 13.6 Å². The number of hydrogen-bond acceptors (Lipinski definition) is 5.